The fourth-order valence-electron chi connectivity index (χ4n) is 0.942. The Hall–Kier alpha value is -0.0200. The maximum atomic E-state index is 9.03. The van der Waals surface area contributed by atoms with Crippen LogP contribution in [0, 0.1) is 0 Å². The molecule has 0 saturated heterocycles. The van der Waals surface area contributed by atoms with Crippen molar-refractivity contribution in [3.8, 4) is 5.75 Å². The molecule has 1 N–H and O–H groups in total. The van der Waals surface area contributed by atoms with Gasteiger partial charge >= 0.3 is 0 Å². The van der Waals surface area contributed by atoms with E-state index in [2.05, 4.69) is 31.9 Å². The number of hydrogen-bond donors (Lipinski definition) is 1. The number of phenolic OH excluding ortho intramolecular Hbond substituents is 1. The minimum atomic E-state index is 0.323. The van der Waals surface area contributed by atoms with Crippen LogP contribution in [0.4, 0.5) is 0 Å². The van der Waals surface area contributed by atoms with Gasteiger partial charge in [-0.1, -0.05) is 44.0 Å². The molecule has 0 bridgehead atoms. The van der Waals surface area contributed by atoms with Crippen LogP contribution in [0.1, 0.15) is 5.56 Å². The lowest BCUT2D eigenvalue weighted by molar-refractivity contribution is 0.475. The van der Waals surface area contributed by atoms with Crippen molar-refractivity contribution in [1.29, 1.82) is 0 Å². The summed E-state index contributed by atoms with van der Waals surface area (Å²) in [6.45, 7) is 0. The van der Waals surface area contributed by atoms with Crippen LogP contribution in [0.25, 0.3) is 0 Å². The zero-order valence-electron chi connectivity index (χ0n) is 6.50. The Bertz CT molecular complexity index is 233. The fourth-order valence-corrected chi connectivity index (χ4v) is 1.55. The number of aromatic hydroxyl groups is 1. The van der Waals surface area contributed by atoms with Crippen LogP contribution in [0.15, 0.2) is 24.3 Å². The van der Waals surface area contributed by atoms with Gasteiger partial charge in [0.15, 0.2) is 0 Å². The highest BCUT2D eigenvalue weighted by molar-refractivity contribution is 9.12. The quantitative estimate of drug-likeness (QED) is 0.849. The van der Waals surface area contributed by atoms with Crippen molar-refractivity contribution in [3.63, 3.8) is 0 Å². The van der Waals surface area contributed by atoms with E-state index in [1.807, 2.05) is 12.1 Å². The highest BCUT2D eigenvalue weighted by Gasteiger charge is 2.02. The second-order valence-corrected chi connectivity index (χ2v) is 4.56. The van der Waals surface area contributed by atoms with Crippen molar-refractivity contribution in [3.05, 3.63) is 29.8 Å². The SMILES string of the molecule is Oc1ccc(CC(Br)CBr)cc1. The first-order chi connectivity index (χ1) is 5.72. The molecule has 3 heteroatoms. The van der Waals surface area contributed by atoms with E-state index < -0.39 is 0 Å². The van der Waals surface area contributed by atoms with E-state index in [0.29, 0.717) is 10.6 Å². The fraction of sp³-hybridized carbons (Fsp3) is 0.333. The molecule has 0 radical (unpaired) electrons. The molecule has 0 aromatic heterocycles. The van der Waals surface area contributed by atoms with Gasteiger partial charge in [-0.05, 0) is 24.1 Å². The molecule has 1 nitrogen and oxygen atoms in total. The van der Waals surface area contributed by atoms with Crippen molar-refractivity contribution in [1.82, 2.24) is 0 Å². The average Bonchev–Trinajstić information content (AvgIpc) is 2.09. The molecule has 0 aliphatic rings. The summed E-state index contributed by atoms with van der Waals surface area (Å²) in [6, 6.07) is 7.30. The van der Waals surface area contributed by atoms with Gasteiger partial charge in [0.1, 0.15) is 5.75 Å². The van der Waals surface area contributed by atoms with Crippen LogP contribution < -0.4 is 0 Å². The molecule has 0 aliphatic heterocycles. The topological polar surface area (TPSA) is 20.2 Å². The summed E-state index contributed by atoms with van der Waals surface area (Å²) in [4.78, 5) is 0.460. The van der Waals surface area contributed by atoms with Gasteiger partial charge in [-0.2, -0.15) is 0 Å². The number of hydrogen-bond acceptors (Lipinski definition) is 1. The number of benzene rings is 1. The van der Waals surface area contributed by atoms with Gasteiger partial charge in [0, 0.05) is 10.2 Å². The minimum Gasteiger partial charge on any atom is -0.508 e. The lowest BCUT2D eigenvalue weighted by Gasteiger charge is -2.05. The van der Waals surface area contributed by atoms with E-state index in [1.54, 1.807) is 12.1 Å². The van der Waals surface area contributed by atoms with Gasteiger partial charge in [0.05, 0.1) is 0 Å². The van der Waals surface area contributed by atoms with E-state index in [0.717, 1.165) is 11.8 Å². The highest BCUT2D eigenvalue weighted by atomic mass is 79.9. The molecule has 66 valence electrons. The van der Waals surface area contributed by atoms with E-state index >= 15 is 0 Å². The summed E-state index contributed by atoms with van der Waals surface area (Å²) in [7, 11) is 0. The molecule has 12 heavy (non-hydrogen) atoms. The normalized spacial score (nSPS) is 12.8. The van der Waals surface area contributed by atoms with Crippen molar-refractivity contribution in [2.75, 3.05) is 5.33 Å². The largest absolute Gasteiger partial charge is 0.508 e. The average molecular weight is 294 g/mol. The molecule has 1 aromatic rings. The summed E-state index contributed by atoms with van der Waals surface area (Å²) in [6.07, 6.45) is 0.978. The third-order valence-corrected chi connectivity index (χ3v) is 3.86. The predicted molar refractivity (Wildman–Crippen MR) is 58.3 cm³/mol. The second-order valence-electron chi connectivity index (χ2n) is 2.62. The molecule has 0 amide bonds. The van der Waals surface area contributed by atoms with E-state index in [1.165, 1.54) is 5.56 Å². The molecule has 0 heterocycles. The predicted octanol–water partition coefficient (Wildman–Crippen LogP) is 3.09. The number of rotatable bonds is 3. The van der Waals surface area contributed by atoms with Gasteiger partial charge in [0.25, 0.3) is 0 Å². The zero-order chi connectivity index (χ0) is 8.97. The molecule has 1 rings (SSSR count). The molecular formula is C9H10Br2O. The van der Waals surface area contributed by atoms with Crippen molar-refractivity contribution < 1.29 is 5.11 Å². The number of alkyl halides is 2. The maximum absolute atomic E-state index is 9.03. The lowest BCUT2D eigenvalue weighted by atomic mass is 10.1. The Labute approximate surface area is 89.1 Å². The Morgan fingerprint density at radius 3 is 2.33 bits per heavy atom. The molecule has 0 fully saturated rings. The van der Waals surface area contributed by atoms with Gasteiger partial charge in [-0.15, -0.1) is 0 Å². The first kappa shape index (κ1) is 10.1. The van der Waals surface area contributed by atoms with Crippen LogP contribution in [-0.4, -0.2) is 15.3 Å². The van der Waals surface area contributed by atoms with Crippen LogP contribution in [0.2, 0.25) is 0 Å². The van der Waals surface area contributed by atoms with E-state index in [-0.39, 0.29) is 0 Å². The number of halogens is 2. The summed E-state index contributed by atoms with van der Waals surface area (Å²) in [5.74, 6) is 0.323. The maximum Gasteiger partial charge on any atom is 0.115 e. The third kappa shape index (κ3) is 3.15. The summed E-state index contributed by atoms with van der Waals surface area (Å²) < 4.78 is 0. The second kappa shape index (κ2) is 4.87. The monoisotopic (exact) mass is 292 g/mol. The van der Waals surface area contributed by atoms with Gasteiger partial charge in [-0.3, -0.25) is 0 Å². The van der Waals surface area contributed by atoms with Crippen LogP contribution in [0.5, 0.6) is 5.75 Å². The molecule has 0 aliphatic carbocycles. The minimum absolute atomic E-state index is 0.323. The van der Waals surface area contributed by atoms with Crippen molar-refractivity contribution in [2.24, 2.45) is 0 Å². The summed E-state index contributed by atoms with van der Waals surface area (Å²) in [5, 5.41) is 9.97. The first-order valence-electron chi connectivity index (χ1n) is 3.70. The number of phenols is 1. The van der Waals surface area contributed by atoms with Crippen molar-refractivity contribution in [2.45, 2.75) is 11.2 Å². The standard InChI is InChI=1S/C9H10Br2O/c10-6-8(11)5-7-1-3-9(12)4-2-7/h1-4,8,12H,5-6H2. The summed E-state index contributed by atoms with van der Waals surface area (Å²) >= 11 is 6.91. The highest BCUT2D eigenvalue weighted by Crippen LogP contribution is 2.15. The molecular weight excluding hydrogens is 284 g/mol. The Morgan fingerprint density at radius 1 is 1.25 bits per heavy atom. The van der Waals surface area contributed by atoms with E-state index in [9.17, 15) is 0 Å². The molecule has 0 saturated carbocycles. The Balaban J connectivity index is 2.58. The van der Waals surface area contributed by atoms with Gasteiger partial charge in [-0.25, -0.2) is 0 Å². The summed E-state index contributed by atoms with van der Waals surface area (Å²) in [5.41, 5.74) is 1.23. The van der Waals surface area contributed by atoms with Gasteiger partial charge in [0.2, 0.25) is 0 Å². The van der Waals surface area contributed by atoms with Crippen LogP contribution >= 0.6 is 31.9 Å². The van der Waals surface area contributed by atoms with Crippen LogP contribution in [-0.2, 0) is 6.42 Å². The molecule has 0 spiro atoms. The molecule has 1 atom stereocenters. The Morgan fingerprint density at radius 2 is 1.83 bits per heavy atom. The van der Waals surface area contributed by atoms with Gasteiger partial charge < -0.3 is 5.11 Å². The molecule has 1 unspecified atom stereocenters. The molecule has 1 aromatic carbocycles. The van der Waals surface area contributed by atoms with Crippen LogP contribution in [0.3, 0.4) is 0 Å². The van der Waals surface area contributed by atoms with E-state index in [4.69, 9.17) is 5.11 Å². The lowest BCUT2D eigenvalue weighted by Crippen LogP contribution is -2.02. The first-order valence-corrected chi connectivity index (χ1v) is 5.74. The van der Waals surface area contributed by atoms with Crippen molar-refractivity contribution >= 4 is 31.9 Å². The smallest absolute Gasteiger partial charge is 0.115 e. The third-order valence-electron chi connectivity index (χ3n) is 1.56. The Kier molecular flexibility index (Phi) is 4.09. The zero-order valence-corrected chi connectivity index (χ0v) is 9.68.